The Morgan fingerprint density at radius 2 is 1.89 bits per heavy atom. The Hall–Kier alpha value is -2.15. The number of aliphatic carboxylic acids is 1. The van der Waals surface area contributed by atoms with Crippen molar-refractivity contribution in [3.63, 3.8) is 0 Å². The molecule has 0 spiro atoms. The van der Waals surface area contributed by atoms with Gasteiger partial charge in [-0.25, -0.2) is 8.42 Å². The van der Waals surface area contributed by atoms with Gasteiger partial charge in [0.2, 0.25) is 0 Å². The number of rotatable bonds is 11. The van der Waals surface area contributed by atoms with E-state index in [1.165, 1.54) is 6.07 Å². The first-order valence-electron chi connectivity index (χ1n) is 9.40. The largest absolute Gasteiger partial charge is 0.505 e. The number of carbonyl (C=O) groups is 1. The Balaban J connectivity index is 2.13. The number of hydrogen-bond donors (Lipinski definition) is 2. The summed E-state index contributed by atoms with van der Waals surface area (Å²) in [5, 5.41) is 20.2. The fraction of sp³-hybridized carbons (Fsp3) is 0.500. The smallest absolute Gasteiger partial charge is 0.303 e. The van der Waals surface area contributed by atoms with Gasteiger partial charge in [0, 0.05) is 23.4 Å². The number of nitrogens with zero attached hydrogens (tertiary/aromatic N) is 1. The zero-order valence-corrected chi connectivity index (χ0v) is 16.5. The number of unbranched alkanes of at least 4 members (excludes halogenated alkanes) is 4. The molecule has 1 heterocycles. The molecule has 0 aliphatic carbocycles. The van der Waals surface area contributed by atoms with Crippen molar-refractivity contribution in [2.24, 2.45) is 0 Å². The quantitative estimate of drug-likeness (QED) is 0.557. The first-order chi connectivity index (χ1) is 12.8. The highest BCUT2D eigenvalue weighted by atomic mass is 32.2. The number of pyridine rings is 1. The molecule has 6 nitrogen and oxygen atoms in total. The van der Waals surface area contributed by atoms with Gasteiger partial charge in [-0.1, -0.05) is 26.2 Å². The SMILES string of the molecule is CCCCCCS(=O)(=O)c1ccc2c(O)c(CCCCC(=O)O)ncc2c1. The average molecular weight is 394 g/mol. The summed E-state index contributed by atoms with van der Waals surface area (Å²) in [5.41, 5.74) is 0.503. The van der Waals surface area contributed by atoms with Gasteiger partial charge in [0.05, 0.1) is 16.3 Å². The van der Waals surface area contributed by atoms with E-state index in [2.05, 4.69) is 11.9 Å². The van der Waals surface area contributed by atoms with E-state index in [1.807, 2.05) is 0 Å². The second-order valence-corrected chi connectivity index (χ2v) is 8.89. The van der Waals surface area contributed by atoms with Crippen molar-refractivity contribution in [2.75, 3.05) is 5.75 Å². The van der Waals surface area contributed by atoms with Crippen LogP contribution >= 0.6 is 0 Å². The molecule has 0 atom stereocenters. The van der Waals surface area contributed by atoms with Crippen molar-refractivity contribution in [2.45, 2.75) is 63.2 Å². The topological polar surface area (TPSA) is 105 Å². The Kier molecular flexibility index (Phi) is 7.59. The van der Waals surface area contributed by atoms with Gasteiger partial charge in [0.25, 0.3) is 0 Å². The third-order valence-corrected chi connectivity index (χ3v) is 6.39. The van der Waals surface area contributed by atoms with Gasteiger partial charge in [-0.15, -0.1) is 0 Å². The summed E-state index contributed by atoms with van der Waals surface area (Å²) >= 11 is 0. The number of carboxylic acids is 1. The monoisotopic (exact) mass is 393 g/mol. The van der Waals surface area contributed by atoms with E-state index in [0.29, 0.717) is 42.1 Å². The highest BCUT2D eigenvalue weighted by Gasteiger charge is 2.16. The summed E-state index contributed by atoms with van der Waals surface area (Å²) in [6, 6.07) is 4.71. The van der Waals surface area contributed by atoms with Gasteiger partial charge in [0.15, 0.2) is 9.84 Å². The first-order valence-corrected chi connectivity index (χ1v) is 11.1. The van der Waals surface area contributed by atoms with Gasteiger partial charge in [-0.05, 0) is 43.9 Å². The van der Waals surface area contributed by atoms with Crippen LogP contribution in [0.15, 0.2) is 29.3 Å². The summed E-state index contributed by atoms with van der Waals surface area (Å²) in [6.07, 6.45) is 6.90. The van der Waals surface area contributed by atoms with E-state index < -0.39 is 15.8 Å². The molecule has 0 aliphatic rings. The Bertz CT molecular complexity index is 893. The molecule has 0 radical (unpaired) electrons. The Morgan fingerprint density at radius 1 is 1.11 bits per heavy atom. The van der Waals surface area contributed by atoms with Crippen molar-refractivity contribution < 1.29 is 23.4 Å². The van der Waals surface area contributed by atoms with Crippen molar-refractivity contribution in [3.05, 3.63) is 30.1 Å². The molecule has 0 aliphatic heterocycles. The number of aromatic hydroxyl groups is 1. The van der Waals surface area contributed by atoms with Gasteiger partial charge in [0.1, 0.15) is 5.75 Å². The van der Waals surface area contributed by atoms with Crippen molar-refractivity contribution in [1.82, 2.24) is 4.98 Å². The van der Waals surface area contributed by atoms with E-state index in [1.54, 1.807) is 18.3 Å². The van der Waals surface area contributed by atoms with Crippen LogP contribution in [0, 0.1) is 0 Å². The molecular weight excluding hydrogens is 366 g/mol. The molecule has 0 fully saturated rings. The van der Waals surface area contributed by atoms with Crippen molar-refractivity contribution in [3.8, 4) is 5.75 Å². The van der Waals surface area contributed by atoms with E-state index in [-0.39, 0.29) is 22.8 Å². The normalized spacial score (nSPS) is 11.7. The van der Waals surface area contributed by atoms with E-state index >= 15 is 0 Å². The van der Waals surface area contributed by atoms with Crippen LogP contribution in [0.4, 0.5) is 0 Å². The average Bonchev–Trinajstić information content (AvgIpc) is 2.63. The van der Waals surface area contributed by atoms with Gasteiger partial charge >= 0.3 is 5.97 Å². The first kappa shape index (κ1) is 21.2. The maximum absolute atomic E-state index is 12.5. The van der Waals surface area contributed by atoms with E-state index in [9.17, 15) is 18.3 Å². The lowest BCUT2D eigenvalue weighted by molar-refractivity contribution is -0.137. The molecule has 0 bridgehead atoms. The van der Waals surface area contributed by atoms with Crippen molar-refractivity contribution in [1.29, 1.82) is 0 Å². The zero-order chi connectivity index (χ0) is 19.9. The second-order valence-electron chi connectivity index (χ2n) is 6.78. The molecule has 7 heteroatoms. The number of benzene rings is 1. The highest BCUT2D eigenvalue weighted by molar-refractivity contribution is 7.91. The molecule has 2 aromatic rings. The molecular formula is C20H27NO5S. The maximum atomic E-state index is 12.5. The zero-order valence-electron chi connectivity index (χ0n) is 15.6. The predicted octanol–water partition coefficient (Wildman–Crippen LogP) is 4.09. The predicted molar refractivity (Wildman–Crippen MR) is 105 cm³/mol. The van der Waals surface area contributed by atoms with E-state index in [0.717, 1.165) is 19.3 Å². The highest BCUT2D eigenvalue weighted by Crippen LogP contribution is 2.30. The fourth-order valence-corrected chi connectivity index (χ4v) is 4.41. The third kappa shape index (κ3) is 5.92. The molecule has 1 aromatic carbocycles. The summed E-state index contributed by atoms with van der Waals surface area (Å²) in [5.74, 6) is -0.677. The fourth-order valence-electron chi connectivity index (χ4n) is 3.01. The minimum Gasteiger partial charge on any atom is -0.505 e. The number of aromatic nitrogens is 1. The number of aryl methyl sites for hydroxylation is 1. The lowest BCUT2D eigenvalue weighted by atomic mass is 10.1. The lowest BCUT2D eigenvalue weighted by Crippen LogP contribution is -2.07. The minimum atomic E-state index is -3.35. The number of sulfone groups is 1. The lowest BCUT2D eigenvalue weighted by Gasteiger charge is -2.09. The Labute approximate surface area is 160 Å². The molecule has 0 unspecified atom stereocenters. The molecule has 0 amide bonds. The number of fused-ring (bicyclic) bond motifs is 1. The van der Waals surface area contributed by atoms with Gasteiger partial charge in [-0.3, -0.25) is 9.78 Å². The van der Waals surface area contributed by atoms with E-state index in [4.69, 9.17) is 5.11 Å². The van der Waals surface area contributed by atoms with Crippen LogP contribution in [0.1, 0.15) is 57.6 Å². The van der Waals surface area contributed by atoms with Crippen LogP contribution < -0.4 is 0 Å². The summed E-state index contributed by atoms with van der Waals surface area (Å²) < 4.78 is 25.0. The number of hydrogen-bond acceptors (Lipinski definition) is 5. The van der Waals surface area contributed by atoms with Crippen molar-refractivity contribution >= 4 is 26.6 Å². The van der Waals surface area contributed by atoms with Crippen LogP contribution in [0.5, 0.6) is 5.75 Å². The minimum absolute atomic E-state index is 0.0368. The van der Waals surface area contributed by atoms with Gasteiger partial charge in [-0.2, -0.15) is 0 Å². The molecule has 0 saturated carbocycles. The maximum Gasteiger partial charge on any atom is 0.303 e. The molecule has 1 aromatic heterocycles. The summed E-state index contributed by atoms with van der Waals surface area (Å²) in [7, 11) is -3.35. The van der Waals surface area contributed by atoms with Crippen LogP contribution in [0.2, 0.25) is 0 Å². The van der Waals surface area contributed by atoms with Crippen LogP contribution in [0.3, 0.4) is 0 Å². The van der Waals surface area contributed by atoms with Crippen LogP contribution in [-0.2, 0) is 21.1 Å². The summed E-state index contributed by atoms with van der Waals surface area (Å²) in [4.78, 5) is 15.0. The molecule has 148 valence electrons. The Morgan fingerprint density at radius 3 is 2.59 bits per heavy atom. The number of carboxylic acid groups (broad SMARTS) is 1. The summed E-state index contributed by atoms with van der Waals surface area (Å²) in [6.45, 7) is 2.08. The third-order valence-electron chi connectivity index (χ3n) is 4.59. The second kappa shape index (κ2) is 9.69. The molecule has 2 rings (SSSR count). The molecule has 2 N–H and O–H groups in total. The molecule has 0 saturated heterocycles. The van der Waals surface area contributed by atoms with Crippen LogP contribution in [0.25, 0.3) is 10.8 Å². The van der Waals surface area contributed by atoms with Gasteiger partial charge < -0.3 is 10.2 Å². The van der Waals surface area contributed by atoms with Crippen LogP contribution in [-0.4, -0.2) is 35.3 Å². The molecule has 27 heavy (non-hydrogen) atoms. The standard InChI is InChI=1S/C20H27NO5S/c1-2-3-4-7-12-27(25,26)16-10-11-17-15(13-16)14-21-18(20(17)24)8-5-6-9-19(22)23/h10-11,13-14,24H,2-9,12H2,1H3,(H,22,23).